The number of nitrogens with one attached hydrogen (secondary N) is 1. The molecule has 1 amide bonds. The van der Waals surface area contributed by atoms with Gasteiger partial charge in [0.05, 0.1) is 6.42 Å². The van der Waals surface area contributed by atoms with Gasteiger partial charge in [0.2, 0.25) is 5.91 Å². The van der Waals surface area contributed by atoms with E-state index in [0.717, 1.165) is 10.0 Å². The van der Waals surface area contributed by atoms with Crippen molar-refractivity contribution in [2.45, 2.75) is 6.42 Å². The van der Waals surface area contributed by atoms with Crippen molar-refractivity contribution in [3.8, 4) is 0 Å². The minimum atomic E-state index is -0.114. The number of anilines is 1. The Balaban J connectivity index is 2.05. The van der Waals surface area contributed by atoms with Crippen molar-refractivity contribution in [2.24, 2.45) is 0 Å². The van der Waals surface area contributed by atoms with E-state index in [0.29, 0.717) is 22.2 Å². The highest BCUT2D eigenvalue weighted by atomic mass is 79.9. The SMILES string of the molecule is O=C(Cc1cccc(Br)c1)Nc1cc(Cl)cc(Cl)c1. The molecule has 5 heteroatoms. The lowest BCUT2D eigenvalue weighted by Crippen LogP contribution is -2.14. The first kappa shape index (κ1) is 14.4. The molecule has 2 aromatic rings. The summed E-state index contributed by atoms with van der Waals surface area (Å²) < 4.78 is 0.948. The summed E-state index contributed by atoms with van der Waals surface area (Å²) >= 11 is 15.1. The second-order valence-corrected chi connectivity index (χ2v) is 5.80. The quantitative estimate of drug-likeness (QED) is 0.827. The fourth-order valence-electron chi connectivity index (χ4n) is 1.66. The molecule has 0 aliphatic carbocycles. The predicted octanol–water partition coefficient (Wildman–Crippen LogP) is 4.94. The zero-order valence-electron chi connectivity index (χ0n) is 9.79. The third kappa shape index (κ3) is 4.53. The van der Waals surface area contributed by atoms with Gasteiger partial charge in [-0.25, -0.2) is 0 Å². The molecule has 0 saturated carbocycles. The van der Waals surface area contributed by atoms with Crippen LogP contribution in [0.2, 0.25) is 10.0 Å². The van der Waals surface area contributed by atoms with Gasteiger partial charge >= 0.3 is 0 Å². The highest BCUT2D eigenvalue weighted by Crippen LogP contribution is 2.22. The van der Waals surface area contributed by atoms with Crippen LogP contribution < -0.4 is 5.32 Å². The maximum Gasteiger partial charge on any atom is 0.228 e. The molecule has 0 aliphatic heterocycles. The lowest BCUT2D eigenvalue weighted by Gasteiger charge is -2.06. The van der Waals surface area contributed by atoms with Gasteiger partial charge < -0.3 is 5.32 Å². The molecule has 0 heterocycles. The topological polar surface area (TPSA) is 29.1 Å². The second kappa shape index (κ2) is 6.42. The molecule has 0 aliphatic rings. The molecule has 0 aromatic heterocycles. The molecular weight excluding hydrogens is 349 g/mol. The normalized spacial score (nSPS) is 10.3. The van der Waals surface area contributed by atoms with Crippen LogP contribution in [0.3, 0.4) is 0 Å². The van der Waals surface area contributed by atoms with Crippen LogP contribution in [-0.2, 0) is 11.2 Å². The number of carbonyl (C=O) groups excluding carboxylic acids is 1. The van der Waals surface area contributed by atoms with Gasteiger partial charge in [-0.1, -0.05) is 51.3 Å². The van der Waals surface area contributed by atoms with Gasteiger partial charge in [0.15, 0.2) is 0 Å². The van der Waals surface area contributed by atoms with Crippen molar-refractivity contribution in [1.82, 2.24) is 0 Å². The van der Waals surface area contributed by atoms with E-state index in [2.05, 4.69) is 21.2 Å². The maximum absolute atomic E-state index is 11.9. The number of halogens is 3. The summed E-state index contributed by atoms with van der Waals surface area (Å²) in [6.45, 7) is 0. The lowest BCUT2D eigenvalue weighted by atomic mass is 10.1. The Kier molecular flexibility index (Phi) is 4.86. The Bertz CT molecular complexity index is 596. The van der Waals surface area contributed by atoms with Gasteiger partial charge in [-0.2, -0.15) is 0 Å². The smallest absolute Gasteiger partial charge is 0.228 e. The number of hydrogen-bond acceptors (Lipinski definition) is 1. The molecule has 0 fully saturated rings. The minimum Gasteiger partial charge on any atom is -0.326 e. The van der Waals surface area contributed by atoms with Crippen molar-refractivity contribution in [3.05, 3.63) is 62.5 Å². The van der Waals surface area contributed by atoms with Gasteiger partial charge in [0.1, 0.15) is 0 Å². The molecule has 1 N–H and O–H groups in total. The van der Waals surface area contributed by atoms with Crippen molar-refractivity contribution >= 4 is 50.7 Å². The molecule has 0 bridgehead atoms. The fraction of sp³-hybridized carbons (Fsp3) is 0.0714. The molecular formula is C14H10BrCl2NO. The first-order valence-corrected chi connectivity index (χ1v) is 7.08. The summed E-state index contributed by atoms with van der Waals surface area (Å²) in [5.41, 5.74) is 1.53. The van der Waals surface area contributed by atoms with E-state index < -0.39 is 0 Å². The first-order chi connectivity index (χ1) is 9.02. The lowest BCUT2D eigenvalue weighted by molar-refractivity contribution is -0.115. The minimum absolute atomic E-state index is 0.114. The average Bonchev–Trinajstić information content (AvgIpc) is 2.26. The molecule has 0 spiro atoms. The van der Waals surface area contributed by atoms with E-state index in [4.69, 9.17) is 23.2 Å². The number of rotatable bonds is 3. The Hall–Kier alpha value is -1.03. The summed E-state index contributed by atoms with van der Waals surface area (Å²) in [4.78, 5) is 11.9. The van der Waals surface area contributed by atoms with E-state index >= 15 is 0 Å². The van der Waals surface area contributed by atoms with Crippen molar-refractivity contribution in [2.75, 3.05) is 5.32 Å². The zero-order valence-corrected chi connectivity index (χ0v) is 12.9. The van der Waals surface area contributed by atoms with E-state index in [9.17, 15) is 4.79 Å². The zero-order chi connectivity index (χ0) is 13.8. The molecule has 0 saturated heterocycles. The molecule has 98 valence electrons. The predicted molar refractivity (Wildman–Crippen MR) is 82.9 cm³/mol. The van der Waals surface area contributed by atoms with Crippen molar-refractivity contribution in [3.63, 3.8) is 0 Å². The Morgan fingerprint density at radius 3 is 2.42 bits per heavy atom. The van der Waals surface area contributed by atoms with Crippen LogP contribution in [0.4, 0.5) is 5.69 Å². The van der Waals surface area contributed by atoms with Gasteiger partial charge in [-0.3, -0.25) is 4.79 Å². The van der Waals surface area contributed by atoms with Crippen LogP contribution >= 0.6 is 39.1 Å². The van der Waals surface area contributed by atoms with Crippen molar-refractivity contribution < 1.29 is 4.79 Å². The highest BCUT2D eigenvalue weighted by Gasteiger charge is 2.06. The number of hydrogen-bond donors (Lipinski definition) is 1. The van der Waals surface area contributed by atoms with Gasteiger partial charge in [0.25, 0.3) is 0 Å². The summed E-state index contributed by atoms with van der Waals surface area (Å²) in [7, 11) is 0. The second-order valence-electron chi connectivity index (χ2n) is 4.01. The molecule has 2 rings (SSSR count). The summed E-state index contributed by atoms with van der Waals surface area (Å²) in [5, 5.41) is 3.75. The van der Waals surface area contributed by atoms with Crippen LogP contribution in [0.5, 0.6) is 0 Å². The Morgan fingerprint density at radius 1 is 1.11 bits per heavy atom. The Labute approximate surface area is 129 Å². The third-order valence-corrected chi connectivity index (χ3v) is 3.33. The van der Waals surface area contributed by atoms with Crippen molar-refractivity contribution in [1.29, 1.82) is 0 Å². The van der Waals surface area contributed by atoms with Crippen LogP contribution in [0, 0.1) is 0 Å². The summed E-state index contributed by atoms with van der Waals surface area (Å²) in [6.07, 6.45) is 0.295. The maximum atomic E-state index is 11.9. The standard InChI is InChI=1S/C14H10BrCl2NO/c15-10-3-1-2-9(4-10)5-14(19)18-13-7-11(16)6-12(17)8-13/h1-4,6-8H,5H2,(H,18,19). The highest BCUT2D eigenvalue weighted by molar-refractivity contribution is 9.10. The molecule has 0 atom stereocenters. The molecule has 0 unspecified atom stereocenters. The molecule has 19 heavy (non-hydrogen) atoms. The summed E-state index contributed by atoms with van der Waals surface area (Å²) in [5.74, 6) is -0.114. The number of benzene rings is 2. The van der Waals surface area contributed by atoms with Crippen LogP contribution in [0.1, 0.15) is 5.56 Å². The van der Waals surface area contributed by atoms with E-state index in [1.807, 2.05) is 24.3 Å². The summed E-state index contributed by atoms with van der Waals surface area (Å²) in [6, 6.07) is 12.5. The fourth-order valence-corrected chi connectivity index (χ4v) is 2.64. The first-order valence-electron chi connectivity index (χ1n) is 5.53. The molecule has 2 nitrogen and oxygen atoms in total. The monoisotopic (exact) mass is 357 g/mol. The third-order valence-electron chi connectivity index (χ3n) is 2.40. The molecule has 2 aromatic carbocycles. The number of carbonyl (C=O) groups is 1. The largest absolute Gasteiger partial charge is 0.326 e. The molecule has 0 radical (unpaired) electrons. The van der Waals surface area contributed by atoms with E-state index in [1.165, 1.54) is 0 Å². The van der Waals surface area contributed by atoms with Gasteiger partial charge in [-0.15, -0.1) is 0 Å². The van der Waals surface area contributed by atoms with Crippen LogP contribution in [0.15, 0.2) is 46.9 Å². The van der Waals surface area contributed by atoms with Crippen LogP contribution in [0.25, 0.3) is 0 Å². The van der Waals surface area contributed by atoms with Gasteiger partial charge in [-0.05, 0) is 35.9 Å². The van der Waals surface area contributed by atoms with E-state index in [1.54, 1.807) is 18.2 Å². The van der Waals surface area contributed by atoms with Gasteiger partial charge in [0, 0.05) is 20.2 Å². The van der Waals surface area contributed by atoms with Crippen LogP contribution in [-0.4, -0.2) is 5.91 Å². The van der Waals surface area contributed by atoms with E-state index in [-0.39, 0.29) is 5.91 Å². The Morgan fingerprint density at radius 2 is 1.79 bits per heavy atom. The average molecular weight is 359 g/mol. The number of amides is 1.